The quantitative estimate of drug-likeness (QED) is 0.759. The van der Waals surface area contributed by atoms with Crippen molar-refractivity contribution in [2.45, 2.75) is 19.3 Å². The average molecular weight is 245 g/mol. The van der Waals surface area contributed by atoms with Crippen molar-refractivity contribution in [3.05, 3.63) is 47.5 Å². The van der Waals surface area contributed by atoms with Gasteiger partial charge in [0.2, 0.25) is 0 Å². The molecule has 0 spiro atoms. The minimum Gasteiger partial charge on any atom is -0.197 e. The van der Waals surface area contributed by atoms with E-state index in [1.807, 2.05) is 13.0 Å². The zero-order chi connectivity index (χ0) is 13.1. The largest absolute Gasteiger partial charge is 0.197 e. The Hall–Kier alpha value is -1.77. The van der Waals surface area contributed by atoms with Gasteiger partial charge in [-0.1, -0.05) is 29.8 Å². The number of allylic oxidation sites excluding steroid dienone is 1. The van der Waals surface area contributed by atoms with Crippen LogP contribution in [0.15, 0.2) is 36.9 Å². The standard InChI is InChI=1S/C14H13ClN2/c1-4-14(3,13(2,9-16)10-17)11-6-5-7-12(15)8-11/h4-8H,1H2,2-3H3/t14-/m0/s1. The first-order valence-corrected chi connectivity index (χ1v) is 5.53. The third-order valence-corrected chi connectivity index (χ3v) is 3.55. The summed E-state index contributed by atoms with van der Waals surface area (Å²) in [5.74, 6) is 0. The highest BCUT2D eigenvalue weighted by atomic mass is 35.5. The third kappa shape index (κ3) is 2.05. The van der Waals surface area contributed by atoms with Crippen LogP contribution in [0.25, 0.3) is 0 Å². The maximum absolute atomic E-state index is 9.23. The summed E-state index contributed by atoms with van der Waals surface area (Å²) < 4.78 is 0. The molecular weight excluding hydrogens is 232 g/mol. The second-order valence-corrected chi connectivity index (χ2v) is 4.70. The predicted molar refractivity (Wildman–Crippen MR) is 68.3 cm³/mol. The van der Waals surface area contributed by atoms with Gasteiger partial charge in [0.15, 0.2) is 5.41 Å². The molecule has 0 radical (unpaired) electrons. The molecule has 2 nitrogen and oxygen atoms in total. The van der Waals surface area contributed by atoms with Crippen molar-refractivity contribution in [1.29, 1.82) is 10.5 Å². The predicted octanol–water partition coefficient (Wildman–Crippen LogP) is 3.84. The molecule has 0 unspecified atom stereocenters. The molecule has 17 heavy (non-hydrogen) atoms. The van der Waals surface area contributed by atoms with Crippen molar-refractivity contribution >= 4 is 11.6 Å². The molecule has 0 saturated carbocycles. The fraction of sp³-hybridized carbons (Fsp3) is 0.286. The molecule has 0 aliphatic heterocycles. The van der Waals surface area contributed by atoms with E-state index in [9.17, 15) is 10.5 Å². The van der Waals surface area contributed by atoms with Gasteiger partial charge in [0.1, 0.15) is 0 Å². The summed E-state index contributed by atoms with van der Waals surface area (Å²) in [6.07, 6.45) is 1.63. The first-order chi connectivity index (χ1) is 7.93. The van der Waals surface area contributed by atoms with E-state index in [2.05, 4.69) is 18.7 Å². The second kappa shape index (κ2) is 4.62. The number of benzene rings is 1. The van der Waals surface area contributed by atoms with Crippen molar-refractivity contribution in [3.63, 3.8) is 0 Å². The molecule has 0 N–H and O–H groups in total. The summed E-state index contributed by atoms with van der Waals surface area (Å²) in [5, 5.41) is 19.0. The van der Waals surface area contributed by atoms with Gasteiger partial charge in [-0.2, -0.15) is 10.5 Å². The summed E-state index contributed by atoms with van der Waals surface area (Å²) in [4.78, 5) is 0. The van der Waals surface area contributed by atoms with Gasteiger partial charge in [-0.25, -0.2) is 0 Å². The van der Waals surface area contributed by atoms with Crippen LogP contribution >= 0.6 is 11.6 Å². The van der Waals surface area contributed by atoms with E-state index in [0.29, 0.717) is 5.02 Å². The van der Waals surface area contributed by atoms with Crippen LogP contribution in [0.5, 0.6) is 0 Å². The first kappa shape index (κ1) is 13.3. The molecule has 0 aliphatic rings. The Morgan fingerprint density at radius 3 is 2.29 bits per heavy atom. The second-order valence-electron chi connectivity index (χ2n) is 4.27. The molecule has 86 valence electrons. The maximum Gasteiger partial charge on any atom is 0.153 e. The van der Waals surface area contributed by atoms with Crippen molar-refractivity contribution in [3.8, 4) is 12.1 Å². The highest BCUT2D eigenvalue weighted by Gasteiger charge is 2.44. The number of halogens is 1. The van der Waals surface area contributed by atoms with Crippen molar-refractivity contribution < 1.29 is 0 Å². The Balaban J connectivity index is 3.48. The molecule has 0 aromatic heterocycles. The number of nitriles is 2. The summed E-state index contributed by atoms with van der Waals surface area (Å²) in [7, 11) is 0. The van der Waals surface area contributed by atoms with Gasteiger partial charge < -0.3 is 0 Å². The summed E-state index contributed by atoms with van der Waals surface area (Å²) >= 11 is 5.94. The molecular formula is C14H13ClN2. The van der Waals surface area contributed by atoms with E-state index in [4.69, 9.17) is 11.6 Å². The van der Waals surface area contributed by atoms with E-state index < -0.39 is 10.8 Å². The van der Waals surface area contributed by atoms with Crippen LogP contribution in [-0.4, -0.2) is 0 Å². The lowest BCUT2D eigenvalue weighted by molar-refractivity contribution is 0.374. The topological polar surface area (TPSA) is 47.6 Å². The van der Waals surface area contributed by atoms with Crippen molar-refractivity contribution in [2.75, 3.05) is 0 Å². The van der Waals surface area contributed by atoms with Gasteiger partial charge in [0.25, 0.3) is 0 Å². The molecule has 0 bridgehead atoms. The highest BCUT2D eigenvalue weighted by molar-refractivity contribution is 6.30. The molecule has 0 heterocycles. The highest BCUT2D eigenvalue weighted by Crippen LogP contribution is 2.42. The number of nitrogens with zero attached hydrogens (tertiary/aromatic N) is 2. The van der Waals surface area contributed by atoms with E-state index in [1.54, 1.807) is 31.2 Å². The third-order valence-electron chi connectivity index (χ3n) is 3.32. The van der Waals surface area contributed by atoms with Crippen LogP contribution in [0.2, 0.25) is 5.02 Å². The van der Waals surface area contributed by atoms with Gasteiger partial charge in [-0.15, -0.1) is 6.58 Å². The van der Waals surface area contributed by atoms with Gasteiger partial charge in [-0.05, 0) is 31.5 Å². The normalized spacial score (nSPS) is 14.2. The van der Waals surface area contributed by atoms with Gasteiger partial charge in [-0.3, -0.25) is 0 Å². The van der Waals surface area contributed by atoms with Crippen molar-refractivity contribution in [2.24, 2.45) is 5.41 Å². The van der Waals surface area contributed by atoms with E-state index in [-0.39, 0.29) is 0 Å². The van der Waals surface area contributed by atoms with Crippen LogP contribution in [0.3, 0.4) is 0 Å². The molecule has 0 aliphatic carbocycles. The fourth-order valence-electron chi connectivity index (χ4n) is 1.68. The molecule has 1 aromatic rings. The summed E-state index contributed by atoms with van der Waals surface area (Å²) in [6, 6.07) is 11.3. The Morgan fingerprint density at radius 2 is 1.88 bits per heavy atom. The lowest BCUT2D eigenvalue weighted by Gasteiger charge is -2.35. The molecule has 1 aromatic carbocycles. The minimum absolute atomic E-state index is 0.578. The van der Waals surface area contributed by atoms with E-state index in [1.165, 1.54) is 0 Å². The Morgan fingerprint density at radius 1 is 1.29 bits per heavy atom. The van der Waals surface area contributed by atoms with E-state index >= 15 is 0 Å². The molecule has 0 amide bonds. The Kier molecular flexibility index (Phi) is 3.61. The monoisotopic (exact) mass is 244 g/mol. The van der Waals surface area contributed by atoms with Crippen molar-refractivity contribution in [1.82, 2.24) is 0 Å². The first-order valence-electron chi connectivity index (χ1n) is 5.15. The van der Waals surface area contributed by atoms with Gasteiger partial charge in [0, 0.05) is 10.4 Å². The SMILES string of the molecule is C=C[C@@](C)(c1cccc(Cl)c1)C(C)(C#N)C#N. The molecule has 1 rings (SSSR count). The van der Waals surface area contributed by atoms with Crippen LogP contribution in [0.1, 0.15) is 19.4 Å². The number of hydrogen-bond donors (Lipinski definition) is 0. The Labute approximate surface area is 107 Å². The number of hydrogen-bond acceptors (Lipinski definition) is 2. The average Bonchev–Trinajstić information content (AvgIpc) is 2.36. The lowest BCUT2D eigenvalue weighted by Crippen LogP contribution is -2.37. The zero-order valence-electron chi connectivity index (χ0n) is 9.87. The van der Waals surface area contributed by atoms with Crippen LogP contribution < -0.4 is 0 Å². The van der Waals surface area contributed by atoms with Gasteiger partial charge in [0.05, 0.1) is 12.1 Å². The zero-order valence-corrected chi connectivity index (χ0v) is 10.6. The van der Waals surface area contributed by atoms with Gasteiger partial charge >= 0.3 is 0 Å². The molecule has 3 heteroatoms. The van der Waals surface area contributed by atoms with E-state index in [0.717, 1.165) is 5.56 Å². The summed E-state index contributed by atoms with van der Waals surface area (Å²) in [6.45, 7) is 7.18. The molecule has 1 atom stereocenters. The molecule has 0 fully saturated rings. The lowest BCUT2D eigenvalue weighted by atomic mass is 9.63. The van der Waals surface area contributed by atoms with Crippen LogP contribution in [0.4, 0.5) is 0 Å². The number of rotatable bonds is 3. The smallest absolute Gasteiger partial charge is 0.153 e. The maximum atomic E-state index is 9.23. The summed E-state index contributed by atoms with van der Waals surface area (Å²) in [5.41, 5.74) is -1.13. The fourth-order valence-corrected chi connectivity index (χ4v) is 1.87. The minimum atomic E-state index is -1.18. The van der Waals surface area contributed by atoms with Crippen LogP contribution in [0, 0.1) is 28.1 Å². The molecule has 0 saturated heterocycles. The van der Waals surface area contributed by atoms with Crippen LogP contribution in [-0.2, 0) is 5.41 Å². The Bertz CT molecular complexity index is 508.